The van der Waals surface area contributed by atoms with Crippen LogP contribution in [0.3, 0.4) is 0 Å². The maximum Gasteiger partial charge on any atom is 0.227 e. The number of amides is 2. The fraction of sp³-hybridized carbons (Fsp3) is 0.600. The van der Waals surface area contributed by atoms with Crippen molar-refractivity contribution in [3.8, 4) is 5.75 Å². The molecule has 0 saturated carbocycles. The zero-order chi connectivity index (χ0) is 23.9. The molecule has 2 aliphatic heterocycles. The van der Waals surface area contributed by atoms with Crippen LogP contribution in [-0.4, -0.2) is 64.0 Å². The van der Waals surface area contributed by atoms with Gasteiger partial charge in [-0.25, -0.2) is 4.39 Å². The van der Waals surface area contributed by atoms with E-state index in [1.165, 1.54) is 12.1 Å². The Labute approximate surface area is 199 Å². The van der Waals surface area contributed by atoms with Gasteiger partial charge in [-0.3, -0.25) is 9.59 Å². The summed E-state index contributed by atoms with van der Waals surface area (Å²) in [6.07, 6.45) is 5.32. The van der Waals surface area contributed by atoms with Crippen molar-refractivity contribution < 1.29 is 23.2 Å². The summed E-state index contributed by atoms with van der Waals surface area (Å²) in [7, 11) is 0. The predicted molar refractivity (Wildman–Crippen MR) is 123 cm³/mol. The topological polar surface area (TPSA) is 88.8 Å². The van der Waals surface area contributed by atoms with Crippen LogP contribution in [0.5, 0.6) is 5.75 Å². The molecular weight excluding hydrogens is 439 g/mol. The highest BCUT2D eigenvalue weighted by molar-refractivity contribution is 5.78. The number of piperidine rings is 2. The number of carbonyl (C=O) groups excluding carboxylic acids is 2. The molecule has 9 heteroatoms. The average molecular weight is 473 g/mol. The van der Waals surface area contributed by atoms with Gasteiger partial charge in [0.15, 0.2) is 5.82 Å². The first-order chi connectivity index (χ1) is 16.5. The smallest absolute Gasteiger partial charge is 0.227 e. The summed E-state index contributed by atoms with van der Waals surface area (Å²) in [5.41, 5.74) is 0. The number of hydrogen-bond donors (Lipinski definition) is 0. The average Bonchev–Trinajstić information content (AvgIpc) is 3.33. The second-order valence-corrected chi connectivity index (χ2v) is 9.10. The van der Waals surface area contributed by atoms with E-state index < -0.39 is 0 Å². The molecule has 0 bridgehead atoms. The number of nitrogens with zero attached hydrogens (tertiary/aromatic N) is 4. The first-order valence-corrected chi connectivity index (χ1v) is 12.3. The van der Waals surface area contributed by atoms with E-state index in [0.29, 0.717) is 56.2 Å². The van der Waals surface area contributed by atoms with E-state index in [0.717, 1.165) is 32.4 Å². The van der Waals surface area contributed by atoms with Crippen molar-refractivity contribution in [2.75, 3.05) is 26.2 Å². The SMILES string of the molecule is CCc1noc(CCC(=O)N2CC[C@H](Oc3ccc(F)cc3)[C@@H](CC(=O)N3CCCCC3)C2)n1. The lowest BCUT2D eigenvalue weighted by molar-refractivity contribution is -0.139. The molecule has 2 atom stereocenters. The van der Waals surface area contributed by atoms with Crippen molar-refractivity contribution >= 4 is 11.8 Å². The number of likely N-dealkylation sites (tertiary alicyclic amines) is 2. The van der Waals surface area contributed by atoms with Crippen LogP contribution in [0.1, 0.15) is 57.2 Å². The fourth-order valence-corrected chi connectivity index (χ4v) is 4.68. The number of rotatable bonds is 8. The fourth-order valence-electron chi connectivity index (χ4n) is 4.68. The highest BCUT2D eigenvalue weighted by Gasteiger charge is 2.35. The lowest BCUT2D eigenvalue weighted by Crippen LogP contribution is -2.50. The minimum Gasteiger partial charge on any atom is -0.490 e. The molecule has 3 heterocycles. The molecule has 0 unspecified atom stereocenters. The number of carbonyl (C=O) groups is 2. The van der Waals surface area contributed by atoms with Crippen molar-refractivity contribution in [1.82, 2.24) is 19.9 Å². The first-order valence-electron chi connectivity index (χ1n) is 12.3. The van der Waals surface area contributed by atoms with Gasteiger partial charge in [0, 0.05) is 64.2 Å². The number of halogens is 1. The zero-order valence-corrected chi connectivity index (χ0v) is 19.7. The summed E-state index contributed by atoms with van der Waals surface area (Å²) in [5, 5.41) is 3.88. The normalized spacial score (nSPS) is 20.9. The molecule has 8 nitrogen and oxygen atoms in total. The molecule has 34 heavy (non-hydrogen) atoms. The monoisotopic (exact) mass is 472 g/mol. The van der Waals surface area contributed by atoms with Crippen LogP contribution >= 0.6 is 0 Å². The molecule has 0 radical (unpaired) electrons. The minimum atomic E-state index is -0.322. The third-order valence-electron chi connectivity index (χ3n) is 6.64. The van der Waals surface area contributed by atoms with E-state index >= 15 is 0 Å². The van der Waals surface area contributed by atoms with Gasteiger partial charge in [-0.2, -0.15) is 4.98 Å². The zero-order valence-electron chi connectivity index (χ0n) is 19.7. The largest absolute Gasteiger partial charge is 0.490 e. The summed E-state index contributed by atoms with van der Waals surface area (Å²) in [4.78, 5) is 34.0. The molecule has 2 amide bonds. The second kappa shape index (κ2) is 11.4. The summed E-state index contributed by atoms with van der Waals surface area (Å²) in [6, 6.07) is 5.93. The summed E-state index contributed by atoms with van der Waals surface area (Å²) in [5.74, 6) is 1.35. The Morgan fingerprint density at radius 1 is 1.09 bits per heavy atom. The molecule has 184 valence electrons. The van der Waals surface area contributed by atoms with Gasteiger partial charge in [-0.05, 0) is 43.5 Å². The Kier molecular flexibility index (Phi) is 8.13. The highest BCUT2D eigenvalue weighted by Crippen LogP contribution is 2.27. The van der Waals surface area contributed by atoms with Crippen molar-refractivity contribution in [2.45, 2.75) is 64.4 Å². The number of benzene rings is 1. The van der Waals surface area contributed by atoms with Crippen LogP contribution in [0.4, 0.5) is 4.39 Å². The van der Waals surface area contributed by atoms with Gasteiger partial charge >= 0.3 is 0 Å². The van der Waals surface area contributed by atoms with Crippen molar-refractivity contribution in [3.63, 3.8) is 0 Å². The Morgan fingerprint density at radius 3 is 2.56 bits per heavy atom. The molecule has 1 aromatic carbocycles. The van der Waals surface area contributed by atoms with Gasteiger partial charge in [-0.15, -0.1) is 0 Å². The van der Waals surface area contributed by atoms with Gasteiger partial charge < -0.3 is 19.1 Å². The van der Waals surface area contributed by atoms with Crippen LogP contribution < -0.4 is 4.74 Å². The van der Waals surface area contributed by atoms with Crippen molar-refractivity contribution in [1.29, 1.82) is 0 Å². The van der Waals surface area contributed by atoms with Gasteiger partial charge in [0.1, 0.15) is 17.7 Å². The van der Waals surface area contributed by atoms with Crippen LogP contribution in [0.2, 0.25) is 0 Å². The van der Waals surface area contributed by atoms with Crippen LogP contribution in [0, 0.1) is 11.7 Å². The molecule has 0 aliphatic carbocycles. The van der Waals surface area contributed by atoms with E-state index in [9.17, 15) is 14.0 Å². The quantitative estimate of drug-likeness (QED) is 0.585. The highest BCUT2D eigenvalue weighted by atomic mass is 19.1. The maximum atomic E-state index is 13.3. The van der Waals surface area contributed by atoms with Crippen LogP contribution in [-0.2, 0) is 22.4 Å². The Balaban J connectivity index is 1.39. The summed E-state index contributed by atoms with van der Waals surface area (Å²) in [6.45, 7) is 4.53. The molecule has 4 rings (SSSR count). The molecule has 2 fully saturated rings. The third kappa shape index (κ3) is 6.33. The van der Waals surface area contributed by atoms with E-state index in [1.54, 1.807) is 12.1 Å². The Hall–Kier alpha value is -2.97. The standard InChI is InChI=1S/C25H33FN4O4/c1-2-22-27-23(34-28-22)10-11-24(31)30-15-12-21(33-20-8-6-19(26)7-9-20)18(17-30)16-25(32)29-13-4-3-5-14-29/h6-9,18,21H,2-5,10-17H2,1H3/t18-,21-/m0/s1. The number of ether oxygens (including phenoxy) is 1. The summed E-state index contributed by atoms with van der Waals surface area (Å²) < 4.78 is 24.7. The van der Waals surface area contributed by atoms with Gasteiger partial charge in [0.25, 0.3) is 0 Å². The Morgan fingerprint density at radius 2 is 1.85 bits per heavy atom. The number of aromatic nitrogens is 2. The molecule has 0 spiro atoms. The molecule has 2 aliphatic rings. The van der Waals surface area contributed by atoms with E-state index in [2.05, 4.69) is 10.1 Å². The maximum absolute atomic E-state index is 13.3. The van der Waals surface area contributed by atoms with E-state index in [1.807, 2.05) is 16.7 Å². The molecule has 2 aromatic rings. The molecule has 0 N–H and O–H groups in total. The predicted octanol–water partition coefficient (Wildman–Crippen LogP) is 3.40. The number of hydrogen-bond acceptors (Lipinski definition) is 6. The molecular formula is C25H33FN4O4. The van der Waals surface area contributed by atoms with Crippen molar-refractivity contribution in [2.24, 2.45) is 5.92 Å². The number of aryl methyl sites for hydroxylation is 2. The van der Waals surface area contributed by atoms with Crippen LogP contribution in [0.15, 0.2) is 28.8 Å². The van der Waals surface area contributed by atoms with Gasteiger partial charge in [0.2, 0.25) is 17.7 Å². The Bertz CT molecular complexity index is 958. The third-order valence-corrected chi connectivity index (χ3v) is 6.64. The first kappa shape index (κ1) is 24.2. The second-order valence-electron chi connectivity index (χ2n) is 9.10. The lowest BCUT2D eigenvalue weighted by Gasteiger charge is -2.39. The van der Waals surface area contributed by atoms with Gasteiger partial charge in [0.05, 0.1) is 0 Å². The lowest BCUT2D eigenvalue weighted by atomic mass is 9.90. The summed E-state index contributed by atoms with van der Waals surface area (Å²) >= 11 is 0. The van der Waals surface area contributed by atoms with Gasteiger partial charge in [-0.1, -0.05) is 12.1 Å². The van der Waals surface area contributed by atoms with E-state index in [4.69, 9.17) is 9.26 Å². The minimum absolute atomic E-state index is 0.00639. The van der Waals surface area contributed by atoms with Crippen LogP contribution in [0.25, 0.3) is 0 Å². The molecule has 2 saturated heterocycles. The van der Waals surface area contributed by atoms with E-state index in [-0.39, 0.29) is 36.1 Å². The molecule has 1 aromatic heterocycles. The van der Waals surface area contributed by atoms with Crippen molar-refractivity contribution in [3.05, 3.63) is 41.8 Å².